The highest BCUT2D eigenvalue weighted by molar-refractivity contribution is 5.65. The molecule has 0 aliphatic heterocycles. The van der Waals surface area contributed by atoms with Crippen LogP contribution in [0.3, 0.4) is 0 Å². The number of primary amides is 1. The maximum absolute atomic E-state index is 10.0. The smallest absolute Gasteiger partial charge is 0.405 e. The van der Waals surface area contributed by atoms with Crippen molar-refractivity contribution in [1.29, 1.82) is 0 Å². The lowest BCUT2D eigenvalue weighted by Crippen LogP contribution is -2.27. The van der Waals surface area contributed by atoms with Crippen LogP contribution in [-0.2, 0) is 11.2 Å². The molecule has 3 N–H and O–H groups in total. The van der Waals surface area contributed by atoms with E-state index in [0.717, 1.165) is 6.42 Å². The third-order valence-electron chi connectivity index (χ3n) is 1.78. The van der Waals surface area contributed by atoms with Gasteiger partial charge in [0, 0.05) is 0 Å². The summed E-state index contributed by atoms with van der Waals surface area (Å²) in [6.07, 6.45) is -0.208. The van der Waals surface area contributed by atoms with Crippen LogP contribution in [0, 0.1) is 0 Å². The third-order valence-corrected chi connectivity index (χ3v) is 1.78. The van der Waals surface area contributed by atoms with E-state index in [1.807, 2.05) is 30.3 Å². The second kappa shape index (κ2) is 7.71. The highest BCUT2D eigenvalue weighted by Crippen LogP contribution is 2.04. The number of benzene rings is 1. The molecule has 0 heterocycles. The Labute approximate surface area is 109 Å². The summed E-state index contributed by atoms with van der Waals surface area (Å²) in [7, 11) is 0. The Kier molecular flexibility index (Phi) is 7.05. The van der Waals surface area contributed by atoms with E-state index in [2.05, 4.69) is 4.74 Å². The molecule has 0 bridgehead atoms. The molecule has 1 unspecified atom stereocenters. The summed E-state index contributed by atoms with van der Waals surface area (Å²) in [5.41, 5.74) is 5.46. The highest BCUT2D eigenvalue weighted by atomic mass is 16.6. The molecule has 0 aliphatic carbocycles. The maximum Gasteiger partial charge on any atom is 0.405 e. The minimum Gasteiger partial charge on any atom is -0.444 e. The zero-order valence-electron chi connectivity index (χ0n) is 11.5. The molecule has 4 nitrogen and oxygen atoms in total. The van der Waals surface area contributed by atoms with E-state index in [0.29, 0.717) is 0 Å². The van der Waals surface area contributed by atoms with Crippen molar-refractivity contribution in [2.24, 2.45) is 5.73 Å². The lowest BCUT2D eigenvalue weighted by molar-refractivity contribution is 0.0600. The molecule has 0 aromatic heterocycles. The van der Waals surface area contributed by atoms with Gasteiger partial charge in [-0.1, -0.05) is 30.3 Å². The number of carbonyl (C=O) groups excluding carboxylic acids is 1. The minimum absolute atomic E-state index is 0.234. The molecule has 0 saturated carbocycles. The van der Waals surface area contributed by atoms with Crippen LogP contribution in [-0.4, -0.2) is 22.9 Å². The molecule has 18 heavy (non-hydrogen) atoms. The summed E-state index contributed by atoms with van der Waals surface area (Å²) in [6, 6.07) is 9.99. The Morgan fingerprint density at radius 3 is 2.11 bits per heavy atom. The standard InChI is InChI=1S/C9H12O.C5H11NO2/c1-8(10)7-9-5-3-2-4-6-9;1-5(2,3)8-4(6)7/h2-6,8,10H,7H2,1H3;1-3H3,(H2,6,7). The third kappa shape index (κ3) is 11.0. The van der Waals surface area contributed by atoms with Crippen molar-refractivity contribution in [1.82, 2.24) is 0 Å². The first-order valence-corrected chi connectivity index (χ1v) is 5.91. The molecule has 0 saturated heterocycles. The monoisotopic (exact) mass is 253 g/mol. The molecule has 0 radical (unpaired) electrons. The van der Waals surface area contributed by atoms with Gasteiger partial charge in [0.1, 0.15) is 5.60 Å². The van der Waals surface area contributed by atoms with Gasteiger partial charge >= 0.3 is 6.09 Å². The van der Waals surface area contributed by atoms with E-state index in [-0.39, 0.29) is 6.10 Å². The molecule has 1 aromatic rings. The molecule has 1 aromatic carbocycles. The Morgan fingerprint density at radius 2 is 1.83 bits per heavy atom. The summed E-state index contributed by atoms with van der Waals surface area (Å²) in [5, 5.41) is 9.01. The lowest BCUT2D eigenvalue weighted by atomic mass is 10.1. The van der Waals surface area contributed by atoms with Crippen molar-refractivity contribution in [2.75, 3.05) is 0 Å². The second-order valence-electron chi connectivity index (χ2n) is 5.07. The first-order valence-electron chi connectivity index (χ1n) is 5.91. The van der Waals surface area contributed by atoms with Crippen molar-refractivity contribution in [3.8, 4) is 0 Å². The zero-order valence-corrected chi connectivity index (χ0v) is 11.5. The van der Waals surface area contributed by atoms with E-state index >= 15 is 0 Å². The average Bonchev–Trinajstić information content (AvgIpc) is 2.14. The predicted molar refractivity (Wildman–Crippen MR) is 72.2 cm³/mol. The van der Waals surface area contributed by atoms with Gasteiger partial charge in [-0.2, -0.15) is 0 Å². The molecular formula is C14H23NO3. The quantitative estimate of drug-likeness (QED) is 0.850. The van der Waals surface area contributed by atoms with Crippen molar-refractivity contribution in [3.63, 3.8) is 0 Å². The summed E-state index contributed by atoms with van der Waals surface area (Å²) in [4.78, 5) is 10.0. The number of hydrogen-bond donors (Lipinski definition) is 2. The lowest BCUT2D eigenvalue weighted by Gasteiger charge is -2.16. The van der Waals surface area contributed by atoms with Crippen LogP contribution in [0.2, 0.25) is 0 Å². The van der Waals surface area contributed by atoms with Crippen LogP contribution >= 0.6 is 0 Å². The number of carbonyl (C=O) groups is 1. The SMILES string of the molecule is CC(C)(C)OC(N)=O.CC(O)Cc1ccccc1. The summed E-state index contributed by atoms with van der Waals surface area (Å²) in [5.74, 6) is 0. The summed E-state index contributed by atoms with van der Waals surface area (Å²) in [6.45, 7) is 7.08. The Hall–Kier alpha value is -1.55. The van der Waals surface area contributed by atoms with Crippen molar-refractivity contribution in [2.45, 2.75) is 45.8 Å². The number of aliphatic hydroxyl groups excluding tert-OH is 1. The molecular weight excluding hydrogens is 230 g/mol. The number of amides is 1. The number of nitrogens with two attached hydrogens (primary N) is 1. The van der Waals surface area contributed by atoms with Gasteiger partial charge in [0.2, 0.25) is 0 Å². The average molecular weight is 253 g/mol. The number of ether oxygens (including phenoxy) is 1. The minimum atomic E-state index is -0.725. The van der Waals surface area contributed by atoms with Crippen LogP contribution in [0.15, 0.2) is 30.3 Å². The maximum atomic E-state index is 10.0. The van der Waals surface area contributed by atoms with Gasteiger partial charge in [0.05, 0.1) is 6.10 Å². The van der Waals surface area contributed by atoms with Crippen LogP contribution < -0.4 is 5.73 Å². The van der Waals surface area contributed by atoms with Crippen LogP contribution in [0.25, 0.3) is 0 Å². The summed E-state index contributed by atoms with van der Waals surface area (Å²) >= 11 is 0. The Bertz CT molecular complexity index is 342. The normalized spacial score (nSPS) is 12.1. The highest BCUT2D eigenvalue weighted by Gasteiger charge is 2.12. The first-order chi connectivity index (χ1) is 8.20. The van der Waals surface area contributed by atoms with Gasteiger partial charge in [-0.05, 0) is 39.7 Å². The molecule has 1 atom stereocenters. The Morgan fingerprint density at radius 1 is 1.33 bits per heavy atom. The molecule has 1 rings (SSSR count). The predicted octanol–water partition coefficient (Wildman–Crippen LogP) is 2.49. The molecule has 1 amide bonds. The topological polar surface area (TPSA) is 72.5 Å². The second-order valence-corrected chi connectivity index (χ2v) is 5.07. The van der Waals surface area contributed by atoms with Crippen LogP contribution in [0.5, 0.6) is 0 Å². The van der Waals surface area contributed by atoms with Gasteiger partial charge in [-0.15, -0.1) is 0 Å². The van der Waals surface area contributed by atoms with E-state index in [9.17, 15) is 4.79 Å². The Balaban J connectivity index is 0.000000331. The molecule has 0 fully saturated rings. The zero-order chi connectivity index (χ0) is 14.2. The molecule has 0 spiro atoms. The number of hydrogen-bond acceptors (Lipinski definition) is 3. The van der Waals surface area contributed by atoms with E-state index in [1.54, 1.807) is 27.7 Å². The van der Waals surface area contributed by atoms with Crippen molar-refractivity contribution >= 4 is 6.09 Å². The number of rotatable bonds is 2. The fourth-order valence-corrected chi connectivity index (χ4v) is 1.26. The fourth-order valence-electron chi connectivity index (χ4n) is 1.26. The van der Waals surface area contributed by atoms with Gasteiger partial charge in [-0.25, -0.2) is 4.79 Å². The van der Waals surface area contributed by atoms with E-state index in [4.69, 9.17) is 10.8 Å². The molecule has 0 aliphatic rings. The molecule has 4 heteroatoms. The van der Waals surface area contributed by atoms with Crippen molar-refractivity contribution < 1.29 is 14.6 Å². The van der Waals surface area contributed by atoms with E-state index < -0.39 is 11.7 Å². The van der Waals surface area contributed by atoms with E-state index in [1.165, 1.54) is 5.56 Å². The molecule has 102 valence electrons. The number of aliphatic hydroxyl groups is 1. The van der Waals surface area contributed by atoms with Gasteiger partial charge in [-0.3, -0.25) is 0 Å². The fraction of sp³-hybridized carbons (Fsp3) is 0.500. The van der Waals surface area contributed by atoms with Gasteiger partial charge in [0.25, 0.3) is 0 Å². The first kappa shape index (κ1) is 16.4. The van der Waals surface area contributed by atoms with Gasteiger partial charge in [0.15, 0.2) is 0 Å². The largest absolute Gasteiger partial charge is 0.444 e. The van der Waals surface area contributed by atoms with Crippen molar-refractivity contribution in [3.05, 3.63) is 35.9 Å². The summed E-state index contributed by atoms with van der Waals surface area (Å²) < 4.78 is 4.58. The van der Waals surface area contributed by atoms with Gasteiger partial charge < -0.3 is 15.6 Å². The van der Waals surface area contributed by atoms with Crippen LogP contribution in [0.4, 0.5) is 4.79 Å². The van der Waals surface area contributed by atoms with Crippen LogP contribution in [0.1, 0.15) is 33.3 Å².